The molecule has 0 bridgehead atoms. The molecule has 0 radical (unpaired) electrons. The lowest BCUT2D eigenvalue weighted by molar-refractivity contribution is 0.190. The third-order valence-corrected chi connectivity index (χ3v) is 4.97. The van der Waals surface area contributed by atoms with Crippen LogP contribution in [0.3, 0.4) is 0 Å². The van der Waals surface area contributed by atoms with Gasteiger partial charge in [0.25, 0.3) is 0 Å². The molecule has 1 atom stereocenters. The molecule has 1 saturated heterocycles. The molecule has 3 aromatic rings. The van der Waals surface area contributed by atoms with Gasteiger partial charge in [0.2, 0.25) is 0 Å². The average molecular weight is 349 g/mol. The topological polar surface area (TPSA) is 50.4 Å². The van der Waals surface area contributed by atoms with Crippen molar-refractivity contribution in [3.8, 4) is 11.3 Å². The van der Waals surface area contributed by atoms with Crippen molar-refractivity contribution in [1.29, 1.82) is 0 Å². The number of urea groups is 1. The van der Waals surface area contributed by atoms with Gasteiger partial charge in [-0.15, -0.1) is 0 Å². The van der Waals surface area contributed by atoms with Crippen LogP contribution in [0, 0.1) is 0 Å². The summed E-state index contributed by atoms with van der Waals surface area (Å²) in [5, 5.41) is 3.00. The van der Waals surface area contributed by atoms with E-state index < -0.39 is 0 Å². The Kier molecular flexibility index (Phi) is 4.52. The van der Waals surface area contributed by atoms with Crippen molar-refractivity contribution < 1.29 is 9.21 Å². The van der Waals surface area contributed by atoms with E-state index in [-0.39, 0.29) is 12.1 Å². The van der Waals surface area contributed by atoms with E-state index in [9.17, 15) is 4.79 Å². The zero-order valence-corrected chi connectivity index (χ0v) is 14.9. The first-order valence-corrected chi connectivity index (χ1v) is 9.02. The number of nitrogens with zero attached hydrogens (tertiary/aromatic N) is 2. The maximum absolute atomic E-state index is 12.7. The van der Waals surface area contributed by atoms with Crippen LogP contribution in [0.15, 0.2) is 65.2 Å². The first-order chi connectivity index (χ1) is 12.7. The molecule has 4 rings (SSSR count). The number of hydrogen-bond donors (Lipinski definition) is 1. The molecule has 1 aromatic carbocycles. The molecule has 3 heterocycles. The second kappa shape index (κ2) is 7.12. The SMILES string of the molecule is Cn1cccc1C1CCCN1C(=O)NCc1ccc(-c2ccccc2)o1. The zero-order chi connectivity index (χ0) is 17.9. The molecule has 1 N–H and O–H groups in total. The van der Waals surface area contributed by atoms with Crippen molar-refractivity contribution in [2.75, 3.05) is 6.54 Å². The van der Waals surface area contributed by atoms with Crippen LogP contribution >= 0.6 is 0 Å². The molecule has 5 nitrogen and oxygen atoms in total. The van der Waals surface area contributed by atoms with Gasteiger partial charge in [0.05, 0.1) is 12.6 Å². The average Bonchev–Trinajstić information content (AvgIpc) is 3.40. The van der Waals surface area contributed by atoms with E-state index in [1.165, 1.54) is 5.69 Å². The van der Waals surface area contributed by atoms with Gasteiger partial charge >= 0.3 is 6.03 Å². The summed E-state index contributed by atoms with van der Waals surface area (Å²) >= 11 is 0. The number of benzene rings is 1. The van der Waals surface area contributed by atoms with Crippen LogP contribution in [0.5, 0.6) is 0 Å². The van der Waals surface area contributed by atoms with Gasteiger partial charge in [-0.25, -0.2) is 4.79 Å². The van der Waals surface area contributed by atoms with Crippen LogP contribution in [0.2, 0.25) is 0 Å². The standard InChI is InChI=1S/C21H23N3O2/c1-23-13-5-9-18(23)19-10-6-14-24(19)21(25)22-15-17-11-12-20(26-17)16-7-3-2-4-8-16/h2-5,7-9,11-13,19H,6,10,14-15H2,1H3,(H,22,25). The molecule has 1 aliphatic heterocycles. The number of hydrogen-bond acceptors (Lipinski definition) is 2. The van der Waals surface area contributed by atoms with Gasteiger partial charge in [-0.2, -0.15) is 0 Å². The van der Waals surface area contributed by atoms with E-state index in [1.54, 1.807) is 0 Å². The number of rotatable bonds is 4. The zero-order valence-electron chi connectivity index (χ0n) is 14.9. The van der Waals surface area contributed by atoms with Gasteiger partial charge in [0.15, 0.2) is 0 Å². The summed E-state index contributed by atoms with van der Waals surface area (Å²) < 4.78 is 7.96. The third kappa shape index (κ3) is 3.25. The molecule has 0 saturated carbocycles. The Morgan fingerprint density at radius 1 is 1.15 bits per heavy atom. The number of likely N-dealkylation sites (tertiary alicyclic amines) is 1. The summed E-state index contributed by atoms with van der Waals surface area (Å²) in [6, 6.07) is 18.1. The minimum Gasteiger partial charge on any atom is -0.459 e. The van der Waals surface area contributed by atoms with Crippen LogP contribution in [0.1, 0.15) is 30.3 Å². The molecule has 2 amide bonds. The van der Waals surface area contributed by atoms with Crippen molar-refractivity contribution in [2.45, 2.75) is 25.4 Å². The number of aryl methyl sites for hydroxylation is 1. The number of nitrogens with one attached hydrogen (secondary N) is 1. The molecular formula is C21H23N3O2. The van der Waals surface area contributed by atoms with Crippen molar-refractivity contribution in [3.63, 3.8) is 0 Å². The summed E-state index contributed by atoms with van der Waals surface area (Å²) in [4.78, 5) is 14.6. The van der Waals surface area contributed by atoms with Gasteiger partial charge < -0.3 is 19.2 Å². The quantitative estimate of drug-likeness (QED) is 0.762. The number of carbonyl (C=O) groups is 1. The maximum Gasteiger partial charge on any atom is 0.318 e. The molecule has 5 heteroatoms. The van der Waals surface area contributed by atoms with E-state index >= 15 is 0 Å². The van der Waals surface area contributed by atoms with Gasteiger partial charge in [0, 0.05) is 31.0 Å². The highest BCUT2D eigenvalue weighted by atomic mass is 16.3. The van der Waals surface area contributed by atoms with Crippen LogP contribution in [-0.2, 0) is 13.6 Å². The van der Waals surface area contributed by atoms with Crippen molar-refractivity contribution in [3.05, 3.63) is 72.2 Å². The highest BCUT2D eigenvalue weighted by Crippen LogP contribution is 2.31. The Hall–Kier alpha value is -2.95. The van der Waals surface area contributed by atoms with Crippen LogP contribution in [0.4, 0.5) is 4.79 Å². The van der Waals surface area contributed by atoms with Crippen molar-refractivity contribution >= 4 is 6.03 Å². The Labute approximate surface area is 153 Å². The molecule has 1 aliphatic rings. The minimum atomic E-state index is -0.0358. The van der Waals surface area contributed by atoms with Gasteiger partial charge in [-0.3, -0.25) is 0 Å². The summed E-state index contributed by atoms with van der Waals surface area (Å²) in [5.74, 6) is 1.57. The lowest BCUT2D eigenvalue weighted by atomic mass is 10.1. The second-order valence-electron chi connectivity index (χ2n) is 6.69. The lowest BCUT2D eigenvalue weighted by Crippen LogP contribution is -2.39. The van der Waals surface area contributed by atoms with E-state index in [4.69, 9.17) is 4.42 Å². The van der Waals surface area contributed by atoms with Crippen LogP contribution < -0.4 is 5.32 Å². The van der Waals surface area contributed by atoms with E-state index in [1.807, 2.05) is 66.7 Å². The van der Waals surface area contributed by atoms with Crippen LogP contribution in [-0.4, -0.2) is 22.0 Å². The Morgan fingerprint density at radius 3 is 2.77 bits per heavy atom. The van der Waals surface area contributed by atoms with E-state index in [2.05, 4.69) is 16.0 Å². The fourth-order valence-electron chi connectivity index (χ4n) is 3.63. The molecule has 2 aromatic heterocycles. The number of aromatic nitrogens is 1. The Balaban J connectivity index is 1.40. The molecular weight excluding hydrogens is 326 g/mol. The summed E-state index contributed by atoms with van der Waals surface area (Å²) in [6.07, 6.45) is 4.06. The molecule has 1 fully saturated rings. The third-order valence-electron chi connectivity index (χ3n) is 4.97. The first kappa shape index (κ1) is 16.5. The Morgan fingerprint density at radius 2 is 2.00 bits per heavy atom. The van der Waals surface area contributed by atoms with Crippen LogP contribution in [0.25, 0.3) is 11.3 Å². The first-order valence-electron chi connectivity index (χ1n) is 9.02. The molecule has 1 unspecified atom stereocenters. The van der Waals surface area contributed by atoms with Crippen molar-refractivity contribution in [2.24, 2.45) is 7.05 Å². The number of carbonyl (C=O) groups excluding carboxylic acids is 1. The smallest absolute Gasteiger partial charge is 0.318 e. The largest absolute Gasteiger partial charge is 0.459 e. The maximum atomic E-state index is 12.7. The monoisotopic (exact) mass is 349 g/mol. The van der Waals surface area contributed by atoms with Crippen molar-refractivity contribution in [1.82, 2.24) is 14.8 Å². The second-order valence-corrected chi connectivity index (χ2v) is 6.69. The minimum absolute atomic E-state index is 0.0358. The number of furan rings is 1. The van der Waals surface area contributed by atoms with Gasteiger partial charge in [-0.05, 0) is 37.1 Å². The normalized spacial score (nSPS) is 16.8. The fraction of sp³-hybridized carbons (Fsp3) is 0.286. The highest BCUT2D eigenvalue weighted by molar-refractivity contribution is 5.75. The van der Waals surface area contributed by atoms with E-state index in [0.717, 1.165) is 36.5 Å². The molecule has 0 spiro atoms. The predicted octanol–water partition coefficient (Wildman–Crippen LogP) is 4.33. The summed E-state index contributed by atoms with van der Waals surface area (Å²) in [5.41, 5.74) is 2.22. The predicted molar refractivity (Wildman–Crippen MR) is 100 cm³/mol. The molecule has 26 heavy (non-hydrogen) atoms. The highest BCUT2D eigenvalue weighted by Gasteiger charge is 2.31. The van der Waals surface area contributed by atoms with Gasteiger partial charge in [0.1, 0.15) is 11.5 Å². The fourth-order valence-corrected chi connectivity index (χ4v) is 3.63. The summed E-state index contributed by atoms with van der Waals surface area (Å²) in [6.45, 7) is 1.18. The van der Waals surface area contributed by atoms with Gasteiger partial charge in [-0.1, -0.05) is 30.3 Å². The Bertz CT molecular complexity index is 882. The number of amides is 2. The lowest BCUT2D eigenvalue weighted by Gasteiger charge is -2.25. The molecule has 134 valence electrons. The van der Waals surface area contributed by atoms with E-state index in [0.29, 0.717) is 6.54 Å². The molecule has 0 aliphatic carbocycles. The summed E-state index contributed by atoms with van der Waals surface area (Å²) in [7, 11) is 2.03.